The third kappa shape index (κ3) is 3.99. The van der Waals surface area contributed by atoms with E-state index in [1.807, 2.05) is 25.1 Å². The van der Waals surface area contributed by atoms with Gasteiger partial charge in [-0.15, -0.1) is 0 Å². The molecule has 3 aromatic rings. The largest absolute Gasteiger partial charge is 0.478 e. The van der Waals surface area contributed by atoms with Crippen LogP contribution in [0.4, 0.5) is 5.69 Å². The molecule has 2 aromatic carbocycles. The second kappa shape index (κ2) is 8.53. The summed E-state index contributed by atoms with van der Waals surface area (Å²) in [7, 11) is 0. The number of nitrogens with zero attached hydrogens (tertiary/aromatic N) is 3. The van der Waals surface area contributed by atoms with Gasteiger partial charge in [0.15, 0.2) is 0 Å². The van der Waals surface area contributed by atoms with Crippen LogP contribution in [0.15, 0.2) is 47.3 Å². The maximum Gasteiger partial charge on any atom is 0.335 e. The summed E-state index contributed by atoms with van der Waals surface area (Å²) in [6.07, 6.45) is 7.36. The Bertz CT molecular complexity index is 1160. The van der Waals surface area contributed by atoms with E-state index in [1.54, 1.807) is 16.7 Å². The molecule has 0 aliphatic carbocycles. The van der Waals surface area contributed by atoms with Crippen LogP contribution in [0.1, 0.15) is 47.8 Å². The van der Waals surface area contributed by atoms with Crippen LogP contribution < -0.4 is 10.5 Å². The summed E-state index contributed by atoms with van der Waals surface area (Å²) in [5.74, 6) is -1.01. The zero-order valence-corrected chi connectivity index (χ0v) is 17.0. The molecule has 154 valence electrons. The number of piperidine rings is 1. The molecule has 0 spiro atoms. The molecule has 2 heterocycles. The Hall–Kier alpha value is -3.41. The number of fused-ring (bicyclic) bond motifs is 1. The van der Waals surface area contributed by atoms with Gasteiger partial charge in [-0.1, -0.05) is 18.2 Å². The molecular weight excluding hydrogens is 378 g/mol. The van der Waals surface area contributed by atoms with Crippen LogP contribution in [0.2, 0.25) is 0 Å². The van der Waals surface area contributed by atoms with E-state index in [9.17, 15) is 14.7 Å². The minimum atomic E-state index is -1.01. The smallest absolute Gasteiger partial charge is 0.335 e. The fraction of sp³-hybridized carbons (Fsp3) is 0.292. The summed E-state index contributed by atoms with van der Waals surface area (Å²) in [4.78, 5) is 31.0. The Morgan fingerprint density at radius 1 is 1.07 bits per heavy atom. The van der Waals surface area contributed by atoms with E-state index in [0.29, 0.717) is 23.3 Å². The molecule has 4 rings (SSSR count). The lowest BCUT2D eigenvalue weighted by Crippen LogP contribution is -2.29. The van der Waals surface area contributed by atoms with Crippen LogP contribution in [0, 0.1) is 0 Å². The van der Waals surface area contributed by atoms with Crippen molar-refractivity contribution in [3.8, 4) is 0 Å². The highest BCUT2D eigenvalue weighted by atomic mass is 16.4. The van der Waals surface area contributed by atoms with Crippen molar-refractivity contribution in [2.24, 2.45) is 0 Å². The Labute approximate surface area is 175 Å². The number of carbonyl (C=O) groups is 1. The number of carboxylic acids is 1. The molecule has 0 unspecified atom stereocenters. The highest BCUT2D eigenvalue weighted by Crippen LogP contribution is 2.21. The van der Waals surface area contributed by atoms with Crippen molar-refractivity contribution < 1.29 is 9.90 Å². The standard InChI is InChI=1S/C24H25N3O3/c1-2-27-22-13-9-18(24(29)30)16-21(22)25-20(23(27)28)12-8-17-6-10-19(11-7-17)26-14-4-3-5-15-26/h6-13,16H,2-5,14-15H2,1H3,(H,29,30)/b12-8+. The first-order valence-corrected chi connectivity index (χ1v) is 10.4. The molecule has 6 nitrogen and oxygen atoms in total. The zero-order valence-electron chi connectivity index (χ0n) is 17.0. The second-order valence-corrected chi connectivity index (χ2v) is 7.53. The van der Waals surface area contributed by atoms with Crippen molar-refractivity contribution in [3.05, 3.63) is 69.6 Å². The van der Waals surface area contributed by atoms with Gasteiger partial charge in [-0.2, -0.15) is 0 Å². The van der Waals surface area contributed by atoms with Crippen LogP contribution in [-0.4, -0.2) is 33.7 Å². The van der Waals surface area contributed by atoms with E-state index < -0.39 is 5.97 Å². The SMILES string of the molecule is CCn1c(=O)c(/C=C/c2ccc(N3CCCCC3)cc2)nc2cc(C(=O)O)ccc21. The van der Waals surface area contributed by atoms with Crippen molar-refractivity contribution in [3.63, 3.8) is 0 Å². The predicted molar refractivity (Wildman–Crippen MR) is 120 cm³/mol. The van der Waals surface area contributed by atoms with Gasteiger partial charge in [0, 0.05) is 25.3 Å². The fourth-order valence-corrected chi connectivity index (χ4v) is 3.95. The number of hydrogen-bond acceptors (Lipinski definition) is 4. The number of aromatic carboxylic acids is 1. The molecule has 30 heavy (non-hydrogen) atoms. The van der Waals surface area contributed by atoms with E-state index in [1.165, 1.54) is 37.1 Å². The molecule has 0 amide bonds. The van der Waals surface area contributed by atoms with E-state index in [-0.39, 0.29) is 11.1 Å². The maximum absolute atomic E-state index is 12.8. The van der Waals surface area contributed by atoms with Crippen molar-refractivity contribution in [1.29, 1.82) is 0 Å². The van der Waals surface area contributed by atoms with Gasteiger partial charge in [0.2, 0.25) is 0 Å². The molecule has 1 saturated heterocycles. The van der Waals surface area contributed by atoms with Gasteiger partial charge in [0.25, 0.3) is 5.56 Å². The maximum atomic E-state index is 12.8. The van der Waals surface area contributed by atoms with Crippen molar-refractivity contribution in [2.75, 3.05) is 18.0 Å². The Kier molecular flexibility index (Phi) is 5.65. The third-order valence-corrected chi connectivity index (χ3v) is 5.58. The van der Waals surface area contributed by atoms with Crippen LogP contribution in [0.5, 0.6) is 0 Å². The van der Waals surface area contributed by atoms with Gasteiger partial charge >= 0.3 is 5.97 Å². The minimum Gasteiger partial charge on any atom is -0.478 e. The highest BCUT2D eigenvalue weighted by molar-refractivity contribution is 5.92. The Balaban J connectivity index is 1.65. The predicted octanol–water partition coefficient (Wildman–Crippen LogP) is 4.28. The van der Waals surface area contributed by atoms with Crippen LogP contribution in [0.25, 0.3) is 23.2 Å². The summed E-state index contributed by atoms with van der Waals surface area (Å²) in [6.45, 7) is 4.57. The third-order valence-electron chi connectivity index (χ3n) is 5.58. The molecule has 0 saturated carbocycles. The minimum absolute atomic E-state index is 0.152. The molecule has 0 radical (unpaired) electrons. The normalized spacial score (nSPS) is 14.5. The first-order valence-electron chi connectivity index (χ1n) is 10.4. The van der Waals surface area contributed by atoms with Gasteiger partial charge < -0.3 is 14.6 Å². The summed E-state index contributed by atoms with van der Waals surface area (Å²) in [6, 6.07) is 13.0. The first-order chi connectivity index (χ1) is 14.6. The molecular formula is C24H25N3O3. The lowest BCUT2D eigenvalue weighted by molar-refractivity contribution is 0.0697. The van der Waals surface area contributed by atoms with Gasteiger partial charge in [0.05, 0.1) is 16.6 Å². The topological polar surface area (TPSA) is 75.4 Å². The summed E-state index contributed by atoms with van der Waals surface area (Å²) >= 11 is 0. The van der Waals surface area contributed by atoms with Crippen LogP contribution >= 0.6 is 0 Å². The summed E-state index contributed by atoms with van der Waals surface area (Å²) in [5.41, 5.74) is 3.61. The first kappa shape index (κ1) is 19.9. The lowest BCUT2D eigenvalue weighted by atomic mass is 10.1. The van der Waals surface area contributed by atoms with Crippen LogP contribution in [-0.2, 0) is 6.54 Å². The van der Waals surface area contributed by atoms with Crippen molar-refractivity contribution in [1.82, 2.24) is 9.55 Å². The van der Waals surface area contributed by atoms with Gasteiger partial charge in [-0.3, -0.25) is 4.79 Å². The number of benzene rings is 2. The zero-order chi connectivity index (χ0) is 21.1. The molecule has 1 aromatic heterocycles. The van der Waals surface area contributed by atoms with Crippen molar-refractivity contribution in [2.45, 2.75) is 32.7 Å². The monoisotopic (exact) mass is 403 g/mol. The second-order valence-electron chi connectivity index (χ2n) is 7.53. The highest BCUT2D eigenvalue weighted by Gasteiger charge is 2.12. The Morgan fingerprint density at radius 3 is 2.47 bits per heavy atom. The van der Waals surface area contributed by atoms with E-state index >= 15 is 0 Å². The van der Waals surface area contributed by atoms with Crippen LogP contribution in [0.3, 0.4) is 0 Å². The number of aryl methyl sites for hydroxylation is 1. The molecule has 0 bridgehead atoms. The van der Waals surface area contributed by atoms with Gasteiger partial charge in [-0.25, -0.2) is 9.78 Å². The number of anilines is 1. The van der Waals surface area contributed by atoms with E-state index in [2.05, 4.69) is 22.0 Å². The molecule has 0 atom stereocenters. The fourth-order valence-electron chi connectivity index (χ4n) is 3.95. The number of aromatic nitrogens is 2. The van der Waals surface area contributed by atoms with Gasteiger partial charge in [-0.05, 0) is 68.2 Å². The molecule has 1 N–H and O–H groups in total. The average Bonchev–Trinajstić information content (AvgIpc) is 2.78. The Morgan fingerprint density at radius 2 is 1.80 bits per heavy atom. The van der Waals surface area contributed by atoms with Crippen molar-refractivity contribution >= 4 is 34.8 Å². The summed E-state index contributed by atoms with van der Waals surface area (Å²) < 4.78 is 1.62. The van der Waals surface area contributed by atoms with E-state index in [4.69, 9.17) is 0 Å². The molecule has 6 heteroatoms. The molecule has 1 aliphatic rings. The number of carboxylic acid groups (broad SMARTS) is 1. The number of rotatable bonds is 5. The quantitative estimate of drug-likeness (QED) is 0.688. The summed E-state index contributed by atoms with van der Waals surface area (Å²) in [5, 5.41) is 9.25. The average molecular weight is 403 g/mol. The number of hydrogen-bond donors (Lipinski definition) is 1. The van der Waals surface area contributed by atoms with E-state index in [0.717, 1.165) is 18.7 Å². The van der Waals surface area contributed by atoms with Gasteiger partial charge in [0.1, 0.15) is 5.69 Å². The molecule has 1 fully saturated rings. The molecule has 1 aliphatic heterocycles. The lowest BCUT2D eigenvalue weighted by Gasteiger charge is -2.28.